The van der Waals surface area contributed by atoms with E-state index in [4.69, 9.17) is 0 Å². The van der Waals surface area contributed by atoms with Crippen LogP contribution in [0.2, 0.25) is 0 Å². The highest BCUT2D eigenvalue weighted by atomic mass is 79.9. The van der Waals surface area contributed by atoms with Crippen LogP contribution in [0.4, 0.5) is 5.69 Å². The van der Waals surface area contributed by atoms with Gasteiger partial charge in [0.1, 0.15) is 0 Å². The molecule has 2 rings (SSSR count). The zero-order valence-corrected chi connectivity index (χ0v) is 11.8. The van der Waals surface area contributed by atoms with Crippen molar-refractivity contribution in [2.24, 2.45) is 0 Å². The van der Waals surface area contributed by atoms with Crippen molar-refractivity contribution in [3.8, 4) is 0 Å². The van der Waals surface area contributed by atoms with Crippen molar-refractivity contribution < 1.29 is 0 Å². The molecule has 0 aliphatic rings. The number of hydrogen-bond donors (Lipinski definition) is 1. The maximum atomic E-state index is 11.6. The molecule has 2 aromatic rings. The Morgan fingerprint density at radius 1 is 1.28 bits per heavy atom. The molecule has 0 aliphatic heterocycles. The third-order valence-electron chi connectivity index (χ3n) is 2.65. The molecule has 0 amide bonds. The van der Waals surface area contributed by atoms with Crippen LogP contribution in [-0.4, -0.2) is 11.1 Å². The van der Waals surface area contributed by atoms with Gasteiger partial charge in [0.25, 0.3) is 5.56 Å². The first-order valence-corrected chi connectivity index (χ1v) is 6.61. The highest BCUT2D eigenvalue weighted by molar-refractivity contribution is 9.10. The maximum Gasteiger partial charge on any atom is 0.250 e. The van der Waals surface area contributed by atoms with Crippen LogP contribution >= 0.6 is 15.9 Å². The Labute approximate surface area is 115 Å². The SMILES string of the molecule is Cc1cccc(NCCn2cc(Br)ccc2=O)c1. The number of aromatic nitrogens is 1. The number of hydrogen-bond acceptors (Lipinski definition) is 2. The Balaban J connectivity index is 1.96. The Hall–Kier alpha value is -1.55. The molecule has 1 aromatic heterocycles. The summed E-state index contributed by atoms with van der Waals surface area (Å²) in [5.41, 5.74) is 2.32. The minimum atomic E-state index is 0.0178. The van der Waals surface area contributed by atoms with Crippen molar-refractivity contribution in [2.75, 3.05) is 11.9 Å². The molecule has 0 radical (unpaired) electrons. The molecule has 0 spiro atoms. The number of nitrogens with zero attached hydrogens (tertiary/aromatic N) is 1. The molecular formula is C14H15BrN2O. The lowest BCUT2D eigenvalue weighted by Gasteiger charge is -2.09. The summed E-state index contributed by atoms with van der Waals surface area (Å²) in [6, 6.07) is 11.5. The molecule has 0 atom stereocenters. The third kappa shape index (κ3) is 3.47. The molecular weight excluding hydrogens is 292 g/mol. The van der Waals surface area contributed by atoms with E-state index >= 15 is 0 Å². The van der Waals surface area contributed by atoms with Gasteiger partial charge < -0.3 is 9.88 Å². The summed E-state index contributed by atoms with van der Waals surface area (Å²) in [6.07, 6.45) is 1.81. The van der Waals surface area contributed by atoms with E-state index in [0.29, 0.717) is 6.54 Å². The van der Waals surface area contributed by atoms with Crippen LogP contribution in [0.1, 0.15) is 5.56 Å². The molecule has 18 heavy (non-hydrogen) atoms. The summed E-state index contributed by atoms with van der Waals surface area (Å²) in [6.45, 7) is 3.43. The van der Waals surface area contributed by atoms with Crippen molar-refractivity contribution >= 4 is 21.6 Å². The van der Waals surface area contributed by atoms with Crippen LogP contribution in [0.25, 0.3) is 0 Å². The second-order valence-corrected chi connectivity index (χ2v) is 5.09. The summed E-state index contributed by atoms with van der Waals surface area (Å²) < 4.78 is 2.60. The Morgan fingerprint density at radius 2 is 2.11 bits per heavy atom. The van der Waals surface area contributed by atoms with Gasteiger partial charge in [-0.3, -0.25) is 4.79 Å². The van der Waals surface area contributed by atoms with Crippen LogP contribution in [0.15, 0.2) is 51.9 Å². The van der Waals surface area contributed by atoms with Crippen molar-refractivity contribution in [3.05, 3.63) is 63.0 Å². The average Bonchev–Trinajstić information content (AvgIpc) is 2.34. The third-order valence-corrected chi connectivity index (χ3v) is 3.12. The highest BCUT2D eigenvalue weighted by Crippen LogP contribution is 2.09. The van der Waals surface area contributed by atoms with E-state index in [-0.39, 0.29) is 5.56 Å². The molecule has 0 saturated heterocycles. The average molecular weight is 307 g/mol. The predicted molar refractivity (Wildman–Crippen MR) is 78.1 cm³/mol. The summed E-state index contributed by atoms with van der Waals surface area (Å²) in [5, 5.41) is 3.31. The van der Waals surface area contributed by atoms with Gasteiger partial charge in [-0.05, 0) is 46.6 Å². The smallest absolute Gasteiger partial charge is 0.250 e. The van der Waals surface area contributed by atoms with Crippen LogP contribution in [0, 0.1) is 6.92 Å². The monoisotopic (exact) mass is 306 g/mol. The number of benzene rings is 1. The topological polar surface area (TPSA) is 34.0 Å². The lowest BCUT2D eigenvalue weighted by atomic mass is 10.2. The normalized spacial score (nSPS) is 10.3. The van der Waals surface area contributed by atoms with Gasteiger partial charge in [-0.15, -0.1) is 0 Å². The minimum Gasteiger partial charge on any atom is -0.383 e. The van der Waals surface area contributed by atoms with Crippen molar-refractivity contribution in [3.63, 3.8) is 0 Å². The Kier molecular flexibility index (Phi) is 4.20. The number of pyridine rings is 1. The van der Waals surface area contributed by atoms with E-state index < -0.39 is 0 Å². The van der Waals surface area contributed by atoms with Gasteiger partial charge >= 0.3 is 0 Å². The summed E-state index contributed by atoms with van der Waals surface area (Å²) in [7, 11) is 0. The summed E-state index contributed by atoms with van der Waals surface area (Å²) in [4.78, 5) is 11.6. The lowest BCUT2D eigenvalue weighted by molar-refractivity contribution is 0.695. The molecule has 1 aromatic carbocycles. The van der Waals surface area contributed by atoms with E-state index in [9.17, 15) is 4.79 Å². The molecule has 3 nitrogen and oxygen atoms in total. The van der Waals surface area contributed by atoms with E-state index in [1.165, 1.54) is 5.56 Å². The van der Waals surface area contributed by atoms with Crippen molar-refractivity contribution in [1.82, 2.24) is 4.57 Å². The molecule has 4 heteroatoms. The summed E-state index contributed by atoms with van der Waals surface area (Å²) >= 11 is 3.36. The van der Waals surface area contributed by atoms with Gasteiger partial charge in [-0.2, -0.15) is 0 Å². The van der Waals surface area contributed by atoms with E-state index in [0.717, 1.165) is 16.7 Å². The van der Waals surface area contributed by atoms with Gasteiger partial charge in [-0.25, -0.2) is 0 Å². The molecule has 1 heterocycles. The van der Waals surface area contributed by atoms with E-state index in [1.807, 2.05) is 12.1 Å². The second kappa shape index (κ2) is 5.87. The minimum absolute atomic E-state index is 0.0178. The van der Waals surface area contributed by atoms with Gasteiger partial charge in [0.2, 0.25) is 0 Å². The Bertz CT molecular complexity index is 592. The first-order valence-electron chi connectivity index (χ1n) is 5.82. The predicted octanol–water partition coefficient (Wildman–Crippen LogP) is 3.03. The van der Waals surface area contributed by atoms with Crippen LogP contribution in [-0.2, 0) is 6.54 Å². The van der Waals surface area contributed by atoms with Gasteiger partial charge in [-0.1, -0.05) is 12.1 Å². The molecule has 94 valence electrons. The maximum absolute atomic E-state index is 11.6. The molecule has 0 saturated carbocycles. The number of halogens is 1. The number of nitrogens with one attached hydrogen (secondary N) is 1. The first-order chi connectivity index (χ1) is 8.65. The number of rotatable bonds is 4. The van der Waals surface area contributed by atoms with Crippen molar-refractivity contribution in [2.45, 2.75) is 13.5 Å². The largest absolute Gasteiger partial charge is 0.383 e. The van der Waals surface area contributed by atoms with Crippen LogP contribution < -0.4 is 10.9 Å². The van der Waals surface area contributed by atoms with Crippen LogP contribution in [0.3, 0.4) is 0 Å². The number of anilines is 1. The number of aryl methyl sites for hydroxylation is 1. The van der Waals surface area contributed by atoms with E-state index in [2.05, 4.69) is 40.3 Å². The molecule has 0 fully saturated rings. The molecule has 0 aliphatic carbocycles. The fraction of sp³-hybridized carbons (Fsp3) is 0.214. The second-order valence-electron chi connectivity index (χ2n) is 4.18. The molecule has 0 unspecified atom stereocenters. The standard InChI is InChI=1S/C14H15BrN2O/c1-11-3-2-4-13(9-11)16-7-8-17-10-12(15)5-6-14(17)18/h2-6,9-10,16H,7-8H2,1H3. The van der Waals surface area contributed by atoms with Crippen molar-refractivity contribution in [1.29, 1.82) is 0 Å². The van der Waals surface area contributed by atoms with Gasteiger partial charge in [0.05, 0.1) is 0 Å². The van der Waals surface area contributed by atoms with Gasteiger partial charge in [0.15, 0.2) is 0 Å². The van der Waals surface area contributed by atoms with Gasteiger partial charge in [0, 0.05) is 35.5 Å². The fourth-order valence-electron chi connectivity index (χ4n) is 1.75. The quantitative estimate of drug-likeness (QED) is 0.942. The van der Waals surface area contributed by atoms with Crippen LogP contribution in [0.5, 0.6) is 0 Å². The first kappa shape index (κ1) is 12.9. The Morgan fingerprint density at radius 3 is 2.89 bits per heavy atom. The zero-order valence-electron chi connectivity index (χ0n) is 10.2. The molecule has 0 bridgehead atoms. The van der Waals surface area contributed by atoms with E-state index in [1.54, 1.807) is 22.9 Å². The fourth-order valence-corrected chi connectivity index (χ4v) is 2.13. The lowest BCUT2D eigenvalue weighted by Crippen LogP contribution is -2.22. The summed E-state index contributed by atoms with van der Waals surface area (Å²) in [5.74, 6) is 0. The highest BCUT2D eigenvalue weighted by Gasteiger charge is 1.97. The molecule has 1 N–H and O–H groups in total. The zero-order chi connectivity index (χ0) is 13.0.